The highest BCUT2D eigenvalue weighted by atomic mass is 16.1. The lowest BCUT2D eigenvalue weighted by molar-refractivity contribution is -0.116. The van der Waals surface area contributed by atoms with E-state index in [1.54, 1.807) is 12.2 Å². The summed E-state index contributed by atoms with van der Waals surface area (Å²) in [6.45, 7) is 2.52. The number of anilines is 1. The minimum absolute atomic E-state index is 0.0950. The van der Waals surface area contributed by atoms with Gasteiger partial charge in [-0.05, 0) is 47.4 Å². The van der Waals surface area contributed by atoms with Gasteiger partial charge in [0.05, 0.1) is 0 Å². The molecule has 3 aromatic rings. The highest BCUT2D eigenvalue weighted by Crippen LogP contribution is 2.28. The van der Waals surface area contributed by atoms with Crippen LogP contribution in [-0.2, 0) is 24.3 Å². The first kappa shape index (κ1) is 17.2. The SMILES string of the molecule is O=C(C=Cc1ccc[nH]1)NCc1ccc(CN2CCc3ccccc32)cc1. The van der Waals surface area contributed by atoms with Gasteiger partial charge in [-0.2, -0.15) is 0 Å². The third-order valence-electron chi connectivity index (χ3n) is 4.88. The van der Waals surface area contributed by atoms with Crippen LogP contribution >= 0.6 is 0 Å². The average molecular weight is 357 g/mol. The van der Waals surface area contributed by atoms with Crippen molar-refractivity contribution in [1.29, 1.82) is 0 Å². The van der Waals surface area contributed by atoms with Crippen LogP contribution < -0.4 is 10.2 Å². The Kier molecular flexibility index (Phi) is 5.06. The van der Waals surface area contributed by atoms with E-state index in [-0.39, 0.29) is 5.91 Å². The summed E-state index contributed by atoms with van der Waals surface area (Å²) in [6, 6.07) is 20.9. The molecule has 4 rings (SSSR count). The minimum atomic E-state index is -0.0950. The Bertz CT molecular complexity index is 927. The highest BCUT2D eigenvalue weighted by molar-refractivity contribution is 5.91. The average Bonchev–Trinajstić information content (AvgIpc) is 3.36. The number of nitrogens with zero attached hydrogens (tertiary/aromatic N) is 1. The van der Waals surface area contributed by atoms with Gasteiger partial charge in [0.2, 0.25) is 5.91 Å². The molecule has 0 unspecified atom stereocenters. The molecule has 0 bridgehead atoms. The molecule has 2 N–H and O–H groups in total. The van der Waals surface area contributed by atoms with Crippen LogP contribution in [0, 0.1) is 0 Å². The van der Waals surface area contributed by atoms with Crippen LogP contribution in [0.1, 0.15) is 22.4 Å². The van der Waals surface area contributed by atoms with Crippen molar-refractivity contribution in [3.63, 3.8) is 0 Å². The van der Waals surface area contributed by atoms with E-state index in [0.29, 0.717) is 6.54 Å². The summed E-state index contributed by atoms with van der Waals surface area (Å²) < 4.78 is 0. The maximum atomic E-state index is 11.9. The summed E-state index contributed by atoms with van der Waals surface area (Å²) in [5, 5.41) is 2.92. The standard InChI is InChI=1S/C23H23N3O/c27-23(12-11-21-5-3-14-24-21)25-16-18-7-9-19(10-8-18)17-26-15-13-20-4-1-2-6-22(20)26/h1-12,14,24H,13,15-17H2,(H,25,27). The van der Waals surface area contributed by atoms with Crippen molar-refractivity contribution in [2.75, 3.05) is 11.4 Å². The summed E-state index contributed by atoms with van der Waals surface area (Å²) in [5.41, 5.74) is 6.08. The number of hydrogen-bond acceptors (Lipinski definition) is 2. The number of rotatable bonds is 6. The van der Waals surface area contributed by atoms with Crippen molar-refractivity contribution in [3.05, 3.63) is 95.3 Å². The number of para-hydroxylation sites is 1. The Hall–Kier alpha value is -3.27. The van der Waals surface area contributed by atoms with Crippen molar-refractivity contribution in [3.8, 4) is 0 Å². The van der Waals surface area contributed by atoms with Gasteiger partial charge in [-0.15, -0.1) is 0 Å². The predicted molar refractivity (Wildman–Crippen MR) is 109 cm³/mol. The fraction of sp³-hybridized carbons (Fsp3) is 0.174. The second-order valence-corrected chi connectivity index (χ2v) is 6.79. The summed E-state index contributed by atoms with van der Waals surface area (Å²) in [7, 11) is 0. The summed E-state index contributed by atoms with van der Waals surface area (Å²) in [4.78, 5) is 17.4. The molecule has 0 radical (unpaired) electrons. The normalized spacial score (nSPS) is 13.1. The molecule has 2 heterocycles. The van der Waals surface area contributed by atoms with Crippen LogP contribution in [-0.4, -0.2) is 17.4 Å². The molecule has 4 nitrogen and oxygen atoms in total. The first-order chi connectivity index (χ1) is 13.3. The van der Waals surface area contributed by atoms with Crippen LogP contribution in [0.3, 0.4) is 0 Å². The van der Waals surface area contributed by atoms with Gasteiger partial charge in [0.1, 0.15) is 0 Å². The lowest BCUT2D eigenvalue weighted by atomic mass is 10.1. The maximum absolute atomic E-state index is 11.9. The Balaban J connectivity index is 1.30. The molecule has 2 aromatic carbocycles. The number of fused-ring (bicyclic) bond motifs is 1. The molecule has 0 saturated heterocycles. The molecule has 0 atom stereocenters. The van der Waals surface area contributed by atoms with Gasteiger partial charge in [-0.25, -0.2) is 0 Å². The Labute approximate surface area is 159 Å². The molecule has 1 aromatic heterocycles. The number of carbonyl (C=O) groups is 1. The fourth-order valence-electron chi connectivity index (χ4n) is 3.42. The zero-order valence-corrected chi connectivity index (χ0v) is 15.2. The van der Waals surface area contributed by atoms with Gasteiger partial charge >= 0.3 is 0 Å². The number of carbonyl (C=O) groups excluding carboxylic acids is 1. The zero-order chi connectivity index (χ0) is 18.5. The van der Waals surface area contributed by atoms with Crippen molar-refractivity contribution in [1.82, 2.24) is 10.3 Å². The molecule has 0 spiro atoms. The monoisotopic (exact) mass is 357 g/mol. The number of nitrogens with one attached hydrogen (secondary N) is 2. The van der Waals surface area contributed by atoms with Crippen molar-refractivity contribution in [2.24, 2.45) is 0 Å². The number of hydrogen-bond donors (Lipinski definition) is 2. The van der Waals surface area contributed by atoms with Gasteiger partial charge in [-0.3, -0.25) is 4.79 Å². The van der Waals surface area contributed by atoms with Crippen LogP contribution in [0.5, 0.6) is 0 Å². The molecule has 136 valence electrons. The van der Waals surface area contributed by atoms with E-state index in [2.05, 4.69) is 63.7 Å². The predicted octanol–water partition coefficient (Wildman–Crippen LogP) is 3.91. The second kappa shape index (κ2) is 7.96. The second-order valence-electron chi connectivity index (χ2n) is 6.79. The van der Waals surface area contributed by atoms with Gasteiger partial charge in [0.15, 0.2) is 0 Å². The summed E-state index contributed by atoms with van der Waals surface area (Å²) >= 11 is 0. The molecule has 27 heavy (non-hydrogen) atoms. The number of aromatic nitrogens is 1. The smallest absolute Gasteiger partial charge is 0.244 e. The molecule has 1 aliphatic heterocycles. The third-order valence-corrected chi connectivity index (χ3v) is 4.88. The van der Waals surface area contributed by atoms with Gasteiger partial charge in [-0.1, -0.05) is 42.5 Å². The lowest BCUT2D eigenvalue weighted by Crippen LogP contribution is -2.21. The Morgan fingerprint density at radius 3 is 2.67 bits per heavy atom. The molecule has 0 fully saturated rings. The van der Waals surface area contributed by atoms with Crippen molar-refractivity contribution < 1.29 is 4.79 Å². The molecule has 4 heteroatoms. The number of aromatic amines is 1. The largest absolute Gasteiger partial charge is 0.367 e. The first-order valence-electron chi connectivity index (χ1n) is 9.28. The quantitative estimate of drug-likeness (QED) is 0.657. The first-order valence-corrected chi connectivity index (χ1v) is 9.28. The number of amides is 1. The Morgan fingerprint density at radius 2 is 1.85 bits per heavy atom. The summed E-state index contributed by atoms with van der Waals surface area (Å²) in [5.74, 6) is -0.0950. The van der Waals surface area contributed by atoms with Crippen LogP contribution in [0.25, 0.3) is 6.08 Å². The van der Waals surface area contributed by atoms with E-state index in [9.17, 15) is 4.79 Å². The van der Waals surface area contributed by atoms with E-state index in [1.165, 1.54) is 16.8 Å². The zero-order valence-electron chi connectivity index (χ0n) is 15.2. The molecular weight excluding hydrogens is 334 g/mol. The summed E-state index contributed by atoms with van der Waals surface area (Å²) in [6.07, 6.45) is 6.27. The molecule has 1 amide bonds. The molecule has 0 aliphatic carbocycles. The molecule has 0 saturated carbocycles. The van der Waals surface area contributed by atoms with Crippen LogP contribution in [0.2, 0.25) is 0 Å². The van der Waals surface area contributed by atoms with E-state index in [0.717, 1.165) is 30.8 Å². The van der Waals surface area contributed by atoms with E-state index in [4.69, 9.17) is 0 Å². The number of H-pyrrole nitrogens is 1. The van der Waals surface area contributed by atoms with Gasteiger partial charge in [0, 0.05) is 43.3 Å². The van der Waals surface area contributed by atoms with E-state index < -0.39 is 0 Å². The molecule has 1 aliphatic rings. The van der Waals surface area contributed by atoms with Gasteiger partial charge < -0.3 is 15.2 Å². The highest BCUT2D eigenvalue weighted by Gasteiger charge is 2.17. The Morgan fingerprint density at radius 1 is 1.04 bits per heavy atom. The fourth-order valence-corrected chi connectivity index (χ4v) is 3.42. The van der Waals surface area contributed by atoms with E-state index >= 15 is 0 Å². The topological polar surface area (TPSA) is 48.1 Å². The maximum Gasteiger partial charge on any atom is 0.244 e. The van der Waals surface area contributed by atoms with Crippen LogP contribution in [0.15, 0.2) is 72.9 Å². The van der Waals surface area contributed by atoms with Gasteiger partial charge in [0.25, 0.3) is 0 Å². The van der Waals surface area contributed by atoms with E-state index in [1.807, 2.05) is 18.3 Å². The number of benzene rings is 2. The minimum Gasteiger partial charge on any atom is -0.367 e. The lowest BCUT2D eigenvalue weighted by Gasteiger charge is -2.19. The van der Waals surface area contributed by atoms with Crippen LogP contribution in [0.4, 0.5) is 5.69 Å². The molecular formula is C23H23N3O. The van der Waals surface area contributed by atoms with Crippen molar-refractivity contribution >= 4 is 17.7 Å². The third kappa shape index (κ3) is 4.29. The van der Waals surface area contributed by atoms with Crippen molar-refractivity contribution in [2.45, 2.75) is 19.5 Å².